The Morgan fingerprint density at radius 2 is 1.70 bits per heavy atom. The van der Waals surface area contributed by atoms with E-state index in [2.05, 4.69) is 6.92 Å². The number of aliphatic hydroxyl groups excluding tert-OH is 1. The van der Waals surface area contributed by atoms with Gasteiger partial charge in [-0.05, 0) is 37.3 Å². The molecule has 0 amide bonds. The summed E-state index contributed by atoms with van der Waals surface area (Å²) in [5.41, 5.74) is -5.09. The van der Waals surface area contributed by atoms with E-state index in [1.165, 1.54) is 25.7 Å². The zero-order valence-electron chi connectivity index (χ0n) is 23.0. The molecule has 3 N–H and O–H groups in total. The number of esters is 1. The molecule has 2 fully saturated rings. The van der Waals surface area contributed by atoms with E-state index >= 15 is 0 Å². The van der Waals surface area contributed by atoms with Crippen molar-refractivity contribution < 1.29 is 34.4 Å². The Kier molecular flexibility index (Phi) is 7.41. The topological polar surface area (TPSA) is 121 Å². The van der Waals surface area contributed by atoms with Crippen molar-refractivity contribution in [3.05, 3.63) is 23.3 Å². The summed E-state index contributed by atoms with van der Waals surface area (Å²) in [6, 6.07) is 0. The second kappa shape index (κ2) is 9.73. The van der Waals surface area contributed by atoms with Crippen molar-refractivity contribution in [2.75, 3.05) is 6.61 Å². The number of carbonyl (C=O) groups is 3. The molecule has 0 heterocycles. The molecule has 4 rings (SSSR count). The molecular formula is C30H44O7. The van der Waals surface area contributed by atoms with E-state index < -0.39 is 64.1 Å². The maximum Gasteiger partial charge on any atom is 0.306 e. The monoisotopic (exact) mass is 516 g/mol. The number of aliphatic hydroxyl groups is 3. The van der Waals surface area contributed by atoms with Crippen LogP contribution >= 0.6 is 0 Å². The van der Waals surface area contributed by atoms with Gasteiger partial charge in [-0.15, -0.1) is 0 Å². The van der Waals surface area contributed by atoms with Crippen LogP contribution in [0.5, 0.6) is 0 Å². The molecule has 0 bridgehead atoms. The molecule has 7 heteroatoms. The summed E-state index contributed by atoms with van der Waals surface area (Å²) in [7, 11) is 0. The van der Waals surface area contributed by atoms with E-state index in [1.54, 1.807) is 19.9 Å². The Bertz CT molecular complexity index is 1020. The molecule has 0 unspecified atom stereocenters. The van der Waals surface area contributed by atoms with E-state index in [0.29, 0.717) is 18.4 Å². The fourth-order valence-electron chi connectivity index (χ4n) is 7.91. The minimum Gasteiger partial charge on any atom is -0.458 e. The number of ether oxygens (including phenoxy) is 1. The van der Waals surface area contributed by atoms with Crippen molar-refractivity contribution in [3.63, 3.8) is 0 Å². The quantitative estimate of drug-likeness (QED) is 0.298. The van der Waals surface area contributed by atoms with E-state index in [9.17, 15) is 29.7 Å². The molecule has 4 aliphatic rings. The summed E-state index contributed by atoms with van der Waals surface area (Å²) in [5.74, 6) is -4.43. The predicted octanol–water partition coefficient (Wildman–Crippen LogP) is 3.83. The number of carbonyl (C=O) groups excluding carboxylic acids is 3. The van der Waals surface area contributed by atoms with Crippen molar-refractivity contribution in [2.45, 2.75) is 109 Å². The molecule has 2 saturated carbocycles. The second-order valence-corrected chi connectivity index (χ2v) is 12.6. The number of Topliss-reactive ketones (excluding diaryl/α,β-unsaturated/α-hetero) is 2. The Morgan fingerprint density at radius 1 is 1.08 bits per heavy atom. The first-order valence-electron chi connectivity index (χ1n) is 14.1. The summed E-state index contributed by atoms with van der Waals surface area (Å²) >= 11 is 0. The average molecular weight is 517 g/mol. The summed E-state index contributed by atoms with van der Waals surface area (Å²) < 4.78 is 6.19. The van der Waals surface area contributed by atoms with Gasteiger partial charge in [-0.3, -0.25) is 14.4 Å². The molecular weight excluding hydrogens is 472 g/mol. The lowest BCUT2D eigenvalue weighted by Gasteiger charge is -2.50. The van der Waals surface area contributed by atoms with Crippen molar-refractivity contribution in [2.24, 2.45) is 29.1 Å². The van der Waals surface area contributed by atoms with Crippen LogP contribution in [0.1, 0.15) is 92.4 Å². The van der Waals surface area contributed by atoms with Crippen LogP contribution in [-0.4, -0.2) is 56.3 Å². The molecule has 0 aromatic heterocycles. The summed E-state index contributed by atoms with van der Waals surface area (Å²) in [4.78, 5) is 39.8. The number of hydrogen-bond acceptors (Lipinski definition) is 7. The maximum absolute atomic E-state index is 13.8. The zero-order chi connectivity index (χ0) is 27.4. The molecule has 0 spiro atoms. The van der Waals surface area contributed by atoms with Gasteiger partial charge in [-0.2, -0.15) is 0 Å². The molecule has 0 radical (unpaired) electrons. The molecule has 7 atom stereocenters. The van der Waals surface area contributed by atoms with Crippen LogP contribution in [-0.2, 0) is 19.1 Å². The minimum absolute atomic E-state index is 0.0787. The lowest BCUT2D eigenvalue weighted by atomic mass is 9.59. The lowest BCUT2D eigenvalue weighted by molar-refractivity contribution is -0.190. The fraction of sp³-hybridized carbons (Fsp3) is 0.767. The van der Waals surface area contributed by atoms with Crippen LogP contribution in [0, 0.1) is 29.1 Å². The summed E-state index contributed by atoms with van der Waals surface area (Å²) in [6.07, 6.45) is 11.0. The highest BCUT2D eigenvalue weighted by molar-refractivity contribution is 6.09. The van der Waals surface area contributed by atoms with Crippen LogP contribution in [0.3, 0.4) is 0 Å². The first-order chi connectivity index (χ1) is 17.3. The fourth-order valence-corrected chi connectivity index (χ4v) is 7.91. The molecule has 7 nitrogen and oxygen atoms in total. The van der Waals surface area contributed by atoms with E-state index in [0.717, 1.165) is 25.3 Å². The lowest BCUT2D eigenvalue weighted by Crippen LogP contribution is -2.62. The van der Waals surface area contributed by atoms with Gasteiger partial charge in [0.15, 0.2) is 17.2 Å². The maximum atomic E-state index is 13.8. The zero-order valence-corrected chi connectivity index (χ0v) is 23.0. The molecule has 0 aliphatic heterocycles. The molecule has 37 heavy (non-hydrogen) atoms. The number of rotatable bonds is 10. The van der Waals surface area contributed by atoms with Gasteiger partial charge in [0.1, 0.15) is 5.60 Å². The van der Waals surface area contributed by atoms with Gasteiger partial charge in [-0.1, -0.05) is 72.3 Å². The number of fused-ring (bicyclic) bond motifs is 5. The van der Waals surface area contributed by atoms with Crippen molar-refractivity contribution in [1.82, 2.24) is 0 Å². The largest absolute Gasteiger partial charge is 0.458 e. The Balaban J connectivity index is 1.58. The number of unbranched alkanes of at least 4 members (excludes halogenated alkanes) is 6. The molecule has 0 aromatic carbocycles. The van der Waals surface area contributed by atoms with Crippen molar-refractivity contribution >= 4 is 17.5 Å². The number of ketones is 2. The normalized spacial score (nSPS) is 39.7. The minimum atomic E-state index is -2.09. The van der Waals surface area contributed by atoms with Crippen LogP contribution < -0.4 is 0 Å². The van der Waals surface area contributed by atoms with E-state index in [1.807, 2.05) is 13.8 Å². The Morgan fingerprint density at radius 3 is 2.32 bits per heavy atom. The standard InChI is InChI=1S/C30H44O7/c1-6-7-8-9-10-11-12-13-22(32)37-29-15-19(3)30(36)21-14-18(2)26(34)28(21,35)16-20(17-31)24(33)23(30)25(29)27(29,4)5/h14,16,19,21,23,25,31,35-36H,6-13,15,17H2,1-5H3/t19-,21-,23+,25-,28-,29+,30+/m1/s1. The summed E-state index contributed by atoms with van der Waals surface area (Å²) in [6.45, 7) is 8.82. The van der Waals surface area contributed by atoms with Gasteiger partial charge in [0.2, 0.25) is 0 Å². The van der Waals surface area contributed by atoms with Crippen LogP contribution in [0.2, 0.25) is 0 Å². The molecule has 0 aromatic rings. The Hall–Kier alpha value is -1.83. The average Bonchev–Trinajstić information content (AvgIpc) is 3.22. The third-order valence-electron chi connectivity index (χ3n) is 10.1. The van der Waals surface area contributed by atoms with Gasteiger partial charge < -0.3 is 20.1 Å². The SMILES string of the molecule is CCCCCCCCCC(=O)O[C@@]12C[C@@H](C)[C@@]3(O)[C@@H](C(=O)C(CO)=C[C@]4(O)C(=O)C(C)=C[C@@H]34)[C@@H]1C2(C)C. The van der Waals surface area contributed by atoms with Gasteiger partial charge in [0.05, 0.1) is 18.1 Å². The predicted molar refractivity (Wildman–Crippen MR) is 138 cm³/mol. The van der Waals surface area contributed by atoms with E-state index in [4.69, 9.17) is 4.74 Å². The first-order valence-corrected chi connectivity index (χ1v) is 14.1. The Labute approximate surface area is 220 Å². The molecule has 206 valence electrons. The smallest absolute Gasteiger partial charge is 0.306 e. The van der Waals surface area contributed by atoms with Crippen LogP contribution in [0.15, 0.2) is 23.3 Å². The highest BCUT2D eigenvalue weighted by Gasteiger charge is 2.84. The summed E-state index contributed by atoms with van der Waals surface area (Å²) in [5, 5.41) is 33.9. The highest BCUT2D eigenvalue weighted by Crippen LogP contribution is 2.76. The second-order valence-electron chi connectivity index (χ2n) is 12.6. The van der Waals surface area contributed by atoms with Gasteiger partial charge in [0, 0.05) is 29.2 Å². The van der Waals surface area contributed by atoms with Crippen molar-refractivity contribution in [1.29, 1.82) is 0 Å². The van der Waals surface area contributed by atoms with Gasteiger partial charge in [-0.25, -0.2) is 0 Å². The van der Waals surface area contributed by atoms with Crippen LogP contribution in [0.25, 0.3) is 0 Å². The third-order valence-corrected chi connectivity index (χ3v) is 10.1. The highest BCUT2D eigenvalue weighted by atomic mass is 16.6. The van der Waals surface area contributed by atoms with Crippen LogP contribution in [0.4, 0.5) is 0 Å². The first kappa shape index (κ1) is 28.2. The van der Waals surface area contributed by atoms with E-state index in [-0.39, 0.29) is 11.5 Å². The van der Waals surface area contributed by atoms with Gasteiger partial charge >= 0.3 is 5.97 Å². The number of hydrogen-bond donors (Lipinski definition) is 3. The van der Waals surface area contributed by atoms with Gasteiger partial charge in [0.25, 0.3) is 0 Å². The molecule has 0 saturated heterocycles. The van der Waals surface area contributed by atoms with Crippen molar-refractivity contribution in [3.8, 4) is 0 Å². The molecule has 4 aliphatic carbocycles. The third kappa shape index (κ3) is 4.07.